The third-order valence-electron chi connectivity index (χ3n) is 3.31. The summed E-state index contributed by atoms with van der Waals surface area (Å²) in [5.41, 5.74) is 1.31. The number of rotatable bonds is 5. The van der Waals surface area contributed by atoms with Crippen molar-refractivity contribution >= 4 is 0 Å². The van der Waals surface area contributed by atoms with Gasteiger partial charge >= 0.3 is 0 Å². The highest BCUT2D eigenvalue weighted by molar-refractivity contribution is 5.07. The maximum atomic E-state index is 5.08. The minimum absolute atomic E-state index is 0.623. The molecule has 0 aromatic carbocycles. The van der Waals surface area contributed by atoms with Crippen molar-refractivity contribution in [2.75, 3.05) is 7.05 Å². The van der Waals surface area contributed by atoms with Crippen molar-refractivity contribution in [1.29, 1.82) is 0 Å². The molecule has 1 aromatic rings. The Kier molecular flexibility index (Phi) is 3.25. The molecule has 14 heavy (non-hydrogen) atoms. The largest absolute Gasteiger partial charge is 0.472 e. The van der Waals surface area contributed by atoms with E-state index < -0.39 is 0 Å². The SMILES string of the molecule is CNC(Cc1ccoc1)CC1CCC1. The van der Waals surface area contributed by atoms with E-state index in [-0.39, 0.29) is 0 Å². The van der Waals surface area contributed by atoms with Crippen LogP contribution in [-0.2, 0) is 6.42 Å². The van der Waals surface area contributed by atoms with Crippen molar-refractivity contribution < 1.29 is 4.42 Å². The van der Waals surface area contributed by atoms with Crippen LogP contribution in [0.2, 0.25) is 0 Å². The second kappa shape index (κ2) is 4.65. The van der Waals surface area contributed by atoms with Crippen molar-refractivity contribution in [3.05, 3.63) is 24.2 Å². The van der Waals surface area contributed by atoms with E-state index in [4.69, 9.17) is 4.42 Å². The van der Waals surface area contributed by atoms with E-state index in [1.54, 1.807) is 6.26 Å². The van der Waals surface area contributed by atoms with Crippen molar-refractivity contribution in [3.63, 3.8) is 0 Å². The molecule has 1 aliphatic rings. The predicted molar refractivity (Wildman–Crippen MR) is 57.2 cm³/mol. The van der Waals surface area contributed by atoms with Gasteiger partial charge in [0.25, 0.3) is 0 Å². The molecule has 1 unspecified atom stereocenters. The Morgan fingerprint density at radius 3 is 2.93 bits per heavy atom. The summed E-state index contributed by atoms with van der Waals surface area (Å²) < 4.78 is 5.08. The zero-order valence-corrected chi connectivity index (χ0v) is 8.83. The quantitative estimate of drug-likeness (QED) is 0.777. The van der Waals surface area contributed by atoms with Crippen LogP contribution in [0.3, 0.4) is 0 Å². The Bertz CT molecular complexity index is 251. The summed E-state index contributed by atoms with van der Waals surface area (Å²) in [6.45, 7) is 0. The molecule has 2 nitrogen and oxygen atoms in total. The standard InChI is InChI=1S/C12H19NO/c1-13-12(7-10-3-2-4-10)8-11-5-6-14-9-11/h5-6,9-10,12-13H,2-4,7-8H2,1H3. The maximum Gasteiger partial charge on any atom is 0.0935 e. The minimum atomic E-state index is 0.623. The van der Waals surface area contributed by atoms with E-state index in [1.165, 1.54) is 31.2 Å². The van der Waals surface area contributed by atoms with E-state index >= 15 is 0 Å². The smallest absolute Gasteiger partial charge is 0.0935 e. The highest BCUT2D eigenvalue weighted by atomic mass is 16.3. The van der Waals surface area contributed by atoms with Crippen LogP contribution in [0.4, 0.5) is 0 Å². The average molecular weight is 193 g/mol. The van der Waals surface area contributed by atoms with Crippen molar-refractivity contribution in [3.8, 4) is 0 Å². The van der Waals surface area contributed by atoms with Crippen LogP contribution >= 0.6 is 0 Å². The molecular weight excluding hydrogens is 174 g/mol. The molecule has 2 rings (SSSR count). The first-order valence-electron chi connectivity index (χ1n) is 5.57. The van der Waals surface area contributed by atoms with Gasteiger partial charge in [0, 0.05) is 6.04 Å². The highest BCUT2D eigenvalue weighted by Gasteiger charge is 2.21. The fourth-order valence-electron chi connectivity index (χ4n) is 2.13. The summed E-state index contributed by atoms with van der Waals surface area (Å²) in [6, 6.07) is 2.68. The Hall–Kier alpha value is -0.760. The van der Waals surface area contributed by atoms with Crippen LogP contribution in [0.15, 0.2) is 23.0 Å². The average Bonchev–Trinajstić information content (AvgIpc) is 2.61. The number of furan rings is 1. The number of likely N-dealkylation sites (N-methyl/N-ethyl adjacent to an activating group) is 1. The lowest BCUT2D eigenvalue weighted by atomic mass is 9.80. The zero-order valence-electron chi connectivity index (χ0n) is 8.83. The van der Waals surface area contributed by atoms with Gasteiger partial charge in [0.05, 0.1) is 12.5 Å². The fourth-order valence-corrected chi connectivity index (χ4v) is 2.13. The van der Waals surface area contributed by atoms with Gasteiger partial charge in [-0.2, -0.15) is 0 Å². The fraction of sp³-hybridized carbons (Fsp3) is 0.667. The van der Waals surface area contributed by atoms with Gasteiger partial charge in [-0.3, -0.25) is 0 Å². The van der Waals surface area contributed by atoms with Gasteiger partial charge in [-0.1, -0.05) is 19.3 Å². The first-order chi connectivity index (χ1) is 6.88. The van der Waals surface area contributed by atoms with Gasteiger partial charge in [-0.15, -0.1) is 0 Å². The van der Waals surface area contributed by atoms with E-state index in [0.717, 1.165) is 12.3 Å². The summed E-state index contributed by atoms with van der Waals surface area (Å²) in [4.78, 5) is 0. The van der Waals surface area contributed by atoms with Crippen molar-refractivity contribution in [2.45, 2.75) is 38.1 Å². The molecular formula is C12H19NO. The summed E-state index contributed by atoms with van der Waals surface area (Å²) in [7, 11) is 2.06. The first-order valence-corrected chi connectivity index (χ1v) is 5.57. The molecule has 78 valence electrons. The Morgan fingerprint density at radius 2 is 2.43 bits per heavy atom. The van der Waals surface area contributed by atoms with Gasteiger partial charge < -0.3 is 9.73 Å². The molecule has 0 radical (unpaired) electrons. The van der Waals surface area contributed by atoms with Gasteiger partial charge in [0.2, 0.25) is 0 Å². The van der Waals surface area contributed by atoms with Crippen LogP contribution in [0.25, 0.3) is 0 Å². The molecule has 0 spiro atoms. The van der Waals surface area contributed by atoms with E-state index in [2.05, 4.69) is 18.4 Å². The molecule has 0 saturated heterocycles. The van der Waals surface area contributed by atoms with E-state index in [0.29, 0.717) is 6.04 Å². The number of nitrogens with one attached hydrogen (secondary N) is 1. The Labute approximate surface area is 85.7 Å². The number of hydrogen-bond donors (Lipinski definition) is 1. The molecule has 0 bridgehead atoms. The Morgan fingerprint density at radius 1 is 1.57 bits per heavy atom. The second-order valence-electron chi connectivity index (χ2n) is 4.35. The van der Waals surface area contributed by atoms with Gasteiger partial charge in [-0.25, -0.2) is 0 Å². The van der Waals surface area contributed by atoms with Crippen LogP contribution in [0, 0.1) is 5.92 Å². The molecule has 0 amide bonds. The molecule has 2 heteroatoms. The zero-order chi connectivity index (χ0) is 9.80. The molecule has 1 fully saturated rings. The van der Waals surface area contributed by atoms with Crippen LogP contribution in [0.1, 0.15) is 31.2 Å². The van der Waals surface area contributed by atoms with Crippen LogP contribution < -0.4 is 5.32 Å². The first kappa shape index (κ1) is 9.78. The molecule has 1 saturated carbocycles. The second-order valence-corrected chi connectivity index (χ2v) is 4.35. The number of hydrogen-bond acceptors (Lipinski definition) is 2. The molecule has 1 aromatic heterocycles. The minimum Gasteiger partial charge on any atom is -0.472 e. The summed E-state index contributed by atoms with van der Waals surface area (Å²) >= 11 is 0. The lowest BCUT2D eigenvalue weighted by Gasteiger charge is -2.29. The normalized spacial score (nSPS) is 19.2. The molecule has 1 N–H and O–H groups in total. The van der Waals surface area contributed by atoms with Gasteiger partial charge in [0.1, 0.15) is 0 Å². The summed E-state index contributed by atoms with van der Waals surface area (Å²) in [5.74, 6) is 0.972. The monoisotopic (exact) mass is 193 g/mol. The highest BCUT2D eigenvalue weighted by Crippen LogP contribution is 2.31. The lowest BCUT2D eigenvalue weighted by molar-refractivity contribution is 0.263. The lowest BCUT2D eigenvalue weighted by Crippen LogP contribution is -2.31. The maximum absolute atomic E-state index is 5.08. The van der Waals surface area contributed by atoms with Crippen LogP contribution in [0.5, 0.6) is 0 Å². The molecule has 1 atom stereocenters. The van der Waals surface area contributed by atoms with Crippen molar-refractivity contribution in [1.82, 2.24) is 5.32 Å². The summed E-state index contributed by atoms with van der Waals surface area (Å²) in [6.07, 6.45) is 10.3. The summed E-state index contributed by atoms with van der Waals surface area (Å²) in [5, 5.41) is 3.40. The topological polar surface area (TPSA) is 25.2 Å². The Balaban J connectivity index is 1.80. The molecule has 0 aliphatic heterocycles. The third kappa shape index (κ3) is 2.38. The van der Waals surface area contributed by atoms with E-state index in [9.17, 15) is 0 Å². The van der Waals surface area contributed by atoms with Crippen LogP contribution in [-0.4, -0.2) is 13.1 Å². The predicted octanol–water partition coefficient (Wildman–Crippen LogP) is 2.60. The molecule has 1 aliphatic carbocycles. The van der Waals surface area contributed by atoms with Crippen molar-refractivity contribution in [2.24, 2.45) is 5.92 Å². The molecule has 1 heterocycles. The van der Waals surface area contributed by atoms with Gasteiger partial charge in [0.15, 0.2) is 0 Å². The van der Waals surface area contributed by atoms with E-state index in [1.807, 2.05) is 6.26 Å². The third-order valence-corrected chi connectivity index (χ3v) is 3.31. The van der Waals surface area contributed by atoms with Gasteiger partial charge in [-0.05, 0) is 37.4 Å².